The maximum atomic E-state index is 8.77. The molecule has 1 fully saturated rings. The highest BCUT2D eigenvalue weighted by Crippen LogP contribution is 2.02. The molecule has 3 nitrogen and oxygen atoms in total. The Bertz CT molecular complexity index is 152. The lowest BCUT2D eigenvalue weighted by atomic mass is 10.2. The molecule has 1 aliphatic heterocycles. The van der Waals surface area contributed by atoms with Gasteiger partial charge in [-0.05, 0) is 18.9 Å². The number of rotatable bonds is 5. The minimum atomic E-state index is 0.301. The second kappa shape index (κ2) is 15.9. The van der Waals surface area contributed by atoms with Gasteiger partial charge in [0.2, 0.25) is 0 Å². The van der Waals surface area contributed by atoms with E-state index in [1.54, 1.807) is 0 Å². The first kappa shape index (κ1) is 21.2. The van der Waals surface area contributed by atoms with Crippen molar-refractivity contribution in [2.24, 2.45) is 5.92 Å². The van der Waals surface area contributed by atoms with Crippen molar-refractivity contribution < 1.29 is 5.11 Å². The lowest BCUT2D eigenvalue weighted by Gasteiger charge is -2.34. The van der Waals surface area contributed by atoms with Gasteiger partial charge in [-0.2, -0.15) is 0 Å². The van der Waals surface area contributed by atoms with Gasteiger partial charge >= 0.3 is 0 Å². The SMILES string of the molecule is CC.CC(C)C.CCCCN1CCN(CCO)CC1. The van der Waals surface area contributed by atoms with E-state index in [1.165, 1.54) is 32.5 Å². The first-order valence-corrected chi connectivity index (χ1v) is 8.15. The smallest absolute Gasteiger partial charge is 0.0558 e. The van der Waals surface area contributed by atoms with Crippen LogP contribution < -0.4 is 0 Å². The molecule has 0 unspecified atom stereocenters. The van der Waals surface area contributed by atoms with E-state index >= 15 is 0 Å². The van der Waals surface area contributed by atoms with Crippen LogP contribution in [0.2, 0.25) is 0 Å². The zero-order chi connectivity index (χ0) is 15.1. The third-order valence-corrected chi connectivity index (χ3v) is 2.71. The predicted molar refractivity (Wildman–Crippen MR) is 86.7 cm³/mol. The Kier molecular flexibility index (Phi) is 17.8. The van der Waals surface area contributed by atoms with Crippen molar-refractivity contribution in [3.05, 3.63) is 0 Å². The summed E-state index contributed by atoms with van der Waals surface area (Å²) in [5, 5.41) is 8.77. The molecule has 1 rings (SSSR count). The summed E-state index contributed by atoms with van der Waals surface area (Å²) in [6.07, 6.45) is 2.61. The first-order chi connectivity index (χ1) is 9.10. The molecule has 118 valence electrons. The topological polar surface area (TPSA) is 26.7 Å². The lowest BCUT2D eigenvalue weighted by Crippen LogP contribution is -2.47. The maximum absolute atomic E-state index is 8.77. The van der Waals surface area contributed by atoms with Gasteiger partial charge in [0.25, 0.3) is 0 Å². The van der Waals surface area contributed by atoms with Crippen LogP contribution in [0.25, 0.3) is 0 Å². The second-order valence-electron chi connectivity index (χ2n) is 5.49. The van der Waals surface area contributed by atoms with Gasteiger partial charge < -0.3 is 10.0 Å². The number of β-amino-alcohol motifs (C(OH)–C–C–N with tert-alkyl or cyclic N) is 1. The van der Waals surface area contributed by atoms with Gasteiger partial charge in [-0.1, -0.05) is 48.0 Å². The summed E-state index contributed by atoms with van der Waals surface area (Å²) < 4.78 is 0. The molecule has 0 amide bonds. The number of hydrogen-bond acceptors (Lipinski definition) is 3. The van der Waals surface area contributed by atoms with Crippen LogP contribution in [0, 0.1) is 5.92 Å². The molecule has 19 heavy (non-hydrogen) atoms. The summed E-state index contributed by atoms with van der Waals surface area (Å²) in [4.78, 5) is 4.86. The molecule has 0 spiro atoms. The van der Waals surface area contributed by atoms with Gasteiger partial charge in [-0.15, -0.1) is 0 Å². The zero-order valence-electron chi connectivity index (χ0n) is 14.3. The minimum Gasteiger partial charge on any atom is -0.395 e. The summed E-state index contributed by atoms with van der Waals surface area (Å²) in [6.45, 7) is 19.8. The van der Waals surface area contributed by atoms with Crippen molar-refractivity contribution in [1.29, 1.82) is 0 Å². The monoisotopic (exact) mass is 274 g/mol. The summed E-state index contributed by atoms with van der Waals surface area (Å²) in [6, 6.07) is 0. The van der Waals surface area contributed by atoms with E-state index in [4.69, 9.17) is 5.11 Å². The molecular weight excluding hydrogens is 236 g/mol. The van der Waals surface area contributed by atoms with Crippen LogP contribution in [-0.2, 0) is 0 Å². The molecule has 0 atom stereocenters. The fraction of sp³-hybridized carbons (Fsp3) is 1.00. The van der Waals surface area contributed by atoms with E-state index in [9.17, 15) is 0 Å². The van der Waals surface area contributed by atoms with Crippen LogP contribution >= 0.6 is 0 Å². The molecule has 0 aromatic carbocycles. The van der Waals surface area contributed by atoms with Crippen molar-refractivity contribution in [2.75, 3.05) is 45.9 Å². The highest BCUT2D eigenvalue weighted by Gasteiger charge is 2.14. The highest BCUT2D eigenvalue weighted by molar-refractivity contribution is 4.71. The van der Waals surface area contributed by atoms with Crippen LogP contribution in [-0.4, -0.2) is 60.8 Å². The average molecular weight is 274 g/mol. The van der Waals surface area contributed by atoms with Crippen molar-refractivity contribution >= 4 is 0 Å². The molecule has 1 heterocycles. The third-order valence-electron chi connectivity index (χ3n) is 2.71. The molecular formula is C16H38N2O. The summed E-state index contributed by atoms with van der Waals surface area (Å²) >= 11 is 0. The Morgan fingerprint density at radius 1 is 0.895 bits per heavy atom. The number of piperazine rings is 1. The van der Waals surface area contributed by atoms with E-state index in [2.05, 4.69) is 37.5 Å². The van der Waals surface area contributed by atoms with Crippen molar-refractivity contribution in [1.82, 2.24) is 9.80 Å². The van der Waals surface area contributed by atoms with Crippen LogP contribution in [0.5, 0.6) is 0 Å². The molecule has 1 aliphatic rings. The van der Waals surface area contributed by atoms with Gasteiger partial charge in [-0.25, -0.2) is 0 Å². The van der Waals surface area contributed by atoms with Gasteiger partial charge in [0, 0.05) is 32.7 Å². The number of unbranched alkanes of at least 4 members (excludes halogenated alkanes) is 1. The van der Waals surface area contributed by atoms with Gasteiger partial charge in [0.15, 0.2) is 0 Å². The Hall–Kier alpha value is -0.120. The Labute approximate surface area is 122 Å². The molecule has 0 bridgehead atoms. The number of nitrogens with zero attached hydrogens (tertiary/aromatic N) is 2. The van der Waals surface area contributed by atoms with E-state index in [1.807, 2.05) is 13.8 Å². The maximum Gasteiger partial charge on any atom is 0.0558 e. The summed E-state index contributed by atoms with van der Waals surface area (Å²) in [7, 11) is 0. The normalized spacial score (nSPS) is 16.4. The molecule has 0 aromatic rings. The van der Waals surface area contributed by atoms with Crippen molar-refractivity contribution in [3.63, 3.8) is 0 Å². The fourth-order valence-electron chi connectivity index (χ4n) is 1.76. The molecule has 0 aromatic heterocycles. The van der Waals surface area contributed by atoms with E-state index in [0.29, 0.717) is 6.61 Å². The Morgan fingerprint density at radius 3 is 1.58 bits per heavy atom. The molecule has 1 saturated heterocycles. The number of aliphatic hydroxyl groups is 1. The van der Waals surface area contributed by atoms with Crippen LogP contribution in [0.4, 0.5) is 0 Å². The van der Waals surface area contributed by atoms with E-state index in [0.717, 1.165) is 25.6 Å². The summed E-state index contributed by atoms with van der Waals surface area (Å²) in [5.74, 6) is 0.833. The zero-order valence-corrected chi connectivity index (χ0v) is 14.3. The van der Waals surface area contributed by atoms with E-state index < -0.39 is 0 Å². The van der Waals surface area contributed by atoms with Gasteiger partial charge in [0.05, 0.1) is 6.61 Å². The van der Waals surface area contributed by atoms with Crippen molar-refractivity contribution in [3.8, 4) is 0 Å². The minimum absolute atomic E-state index is 0.301. The predicted octanol–water partition coefficient (Wildman–Crippen LogP) is 3.08. The Morgan fingerprint density at radius 2 is 1.26 bits per heavy atom. The molecule has 3 heteroatoms. The van der Waals surface area contributed by atoms with Crippen LogP contribution in [0.3, 0.4) is 0 Å². The molecule has 0 saturated carbocycles. The van der Waals surface area contributed by atoms with E-state index in [-0.39, 0.29) is 0 Å². The number of hydrogen-bond donors (Lipinski definition) is 1. The standard InChI is InChI=1S/C10H22N2O.C4H10.C2H6/c1-2-3-4-11-5-7-12(8-6-11)9-10-13;1-4(2)3;1-2/h13H,2-10H2,1H3;4H,1-3H3;1-2H3. The fourth-order valence-corrected chi connectivity index (χ4v) is 1.76. The van der Waals surface area contributed by atoms with Gasteiger partial charge in [0.1, 0.15) is 0 Å². The van der Waals surface area contributed by atoms with Gasteiger partial charge in [-0.3, -0.25) is 4.90 Å². The largest absolute Gasteiger partial charge is 0.395 e. The molecule has 0 radical (unpaired) electrons. The number of aliphatic hydroxyl groups excluding tert-OH is 1. The van der Waals surface area contributed by atoms with Crippen LogP contribution in [0.15, 0.2) is 0 Å². The second-order valence-corrected chi connectivity index (χ2v) is 5.49. The summed E-state index contributed by atoms with van der Waals surface area (Å²) in [5.41, 5.74) is 0. The Balaban J connectivity index is 0. The average Bonchev–Trinajstić information content (AvgIpc) is 2.40. The van der Waals surface area contributed by atoms with Crippen LogP contribution in [0.1, 0.15) is 54.4 Å². The molecule has 1 N–H and O–H groups in total. The van der Waals surface area contributed by atoms with Crippen molar-refractivity contribution in [2.45, 2.75) is 54.4 Å². The quantitative estimate of drug-likeness (QED) is 0.834. The first-order valence-electron chi connectivity index (χ1n) is 8.15. The highest BCUT2D eigenvalue weighted by atomic mass is 16.3. The lowest BCUT2D eigenvalue weighted by molar-refractivity contribution is 0.112. The third kappa shape index (κ3) is 15.8. The molecule has 0 aliphatic carbocycles.